The highest BCUT2D eigenvalue weighted by Gasteiger charge is 2.14. The quantitative estimate of drug-likeness (QED) is 0.809. The number of ether oxygens (including phenoxy) is 1. The molecule has 17 heavy (non-hydrogen) atoms. The van der Waals surface area contributed by atoms with Crippen molar-refractivity contribution in [3.05, 3.63) is 28.1 Å². The van der Waals surface area contributed by atoms with E-state index in [4.69, 9.17) is 4.74 Å². The molecule has 1 unspecified atom stereocenters. The van der Waals surface area contributed by atoms with E-state index in [1.807, 2.05) is 13.8 Å². The molecule has 0 amide bonds. The van der Waals surface area contributed by atoms with Crippen LogP contribution in [0.5, 0.6) is 5.75 Å². The Kier molecular flexibility index (Phi) is 2.92. The molecule has 0 saturated heterocycles. The van der Waals surface area contributed by atoms with Gasteiger partial charge in [0, 0.05) is 12.0 Å². The first-order valence-electron chi connectivity index (χ1n) is 5.20. The Hall–Kier alpha value is -1.40. The monoisotopic (exact) mass is 254 g/mol. The Morgan fingerprint density at radius 1 is 1.41 bits per heavy atom. The highest BCUT2D eigenvalue weighted by atomic mass is 32.2. The smallest absolute Gasteiger partial charge is 0.199 e. The van der Waals surface area contributed by atoms with E-state index in [9.17, 15) is 8.76 Å². The first kappa shape index (κ1) is 12.1. The van der Waals surface area contributed by atoms with E-state index in [2.05, 4.69) is 9.39 Å². The minimum atomic E-state index is -3.37. The highest BCUT2D eigenvalue weighted by molar-refractivity contribution is 7.88. The van der Waals surface area contributed by atoms with Gasteiger partial charge in [-0.25, -0.2) is 9.20 Å². The molecule has 1 N–H and O–H groups in total. The topological polar surface area (TPSA) is 71.2 Å². The number of fused-ring (bicyclic) bond motifs is 1. The third-order valence-electron chi connectivity index (χ3n) is 2.42. The third kappa shape index (κ3) is 2.18. The van der Waals surface area contributed by atoms with Gasteiger partial charge in [-0.1, -0.05) is 13.8 Å². The SMILES string of the molecule is COc1ccc2c(c1)=NC(C(C)C)=NS=2(=O)O. The van der Waals surface area contributed by atoms with Crippen LogP contribution in [-0.2, 0) is 9.99 Å². The third-order valence-corrected chi connectivity index (χ3v) is 3.77. The summed E-state index contributed by atoms with van der Waals surface area (Å²) in [6.45, 7) is 3.76. The molecule has 1 atom stereocenters. The summed E-state index contributed by atoms with van der Waals surface area (Å²) >= 11 is 0. The van der Waals surface area contributed by atoms with E-state index >= 15 is 0 Å². The Morgan fingerprint density at radius 3 is 2.71 bits per heavy atom. The second-order valence-electron chi connectivity index (χ2n) is 4.05. The van der Waals surface area contributed by atoms with Crippen molar-refractivity contribution in [3.63, 3.8) is 0 Å². The van der Waals surface area contributed by atoms with Gasteiger partial charge < -0.3 is 4.74 Å². The minimum absolute atomic E-state index is 0.00215. The summed E-state index contributed by atoms with van der Waals surface area (Å²) in [6.07, 6.45) is 0. The molecule has 0 aliphatic carbocycles. The first-order chi connectivity index (χ1) is 7.94. The molecule has 1 aromatic carbocycles. The second-order valence-corrected chi connectivity index (χ2v) is 5.66. The molecule has 0 fully saturated rings. The van der Waals surface area contributed by atoms with Crippen LogP contribution in [0.2, 0.25) is 0 Å². The average molecular weight is 254 g/mol. The lowest BCUT2D eigenvalue weighted by atomic mass is 10.2. The molecular weight excluding hydrogens is 240 g/mol. The lowest BCUT2D eigenvalue weighted by Crippen LogP contribution is -2.21. The molecule has 1 aromatic rings. The standard InChI is InChI=1S/C11H14N2O3S/c1-7(2)11-12-9-6-8(16-3)4-5-10(9)17(14,15)13-11/h4-7H,1-3H3,(H,12,13,14,15). The van der Waals surface area contributed by atoms with E-state index in [-0.39, 0.29) is 10.4 Å². The van der Waals surface area contributed by atoms with Crippen LogP contribution in [0.4, 0.5) is 0 Å². The maximum Gasteiger partial charge on any atom is 0.199 e. The molecule has 0 spiro atoms. The van der Waals surface area contributed by atoms with E-state index < -0.39 is 9.99 Å². The zero-order chi connectivity index (χ0) is 12.6. The van der Waals surface area contributed by atoms with Crippen LogP contribution in [-0.4, -0.2) is 21.7 Å². The van der Waals surface area contributed by atoms with Gasteiger partial charge in [-0.05, 0) is 12.1 Å². The maximum absolute atomic E-state index is 12.0. The van der Waals surface area contributed by atoms with Crippen molar-refractivity contribution in [1.82, 2.24) is 0 Å². The van der Waals surface area contributed by atoms with Crippen LogP contribution < -0.4 is 10.1 Å². The van der Waals surface area contributed by atoms with Crippen LogP contribution in [0.3, 0.4) is 0 Å². The zero-order valence-electron chi connectivity index (χ0n) is 9.88. The van der Waals surface area contributed by atoms with Gasteiger partial charge in [-0.15, -0.1) is 0 Å². The van der Waals surface area contributed by atoms with Gasteiger partial charge in [0.05, 0.1) is 12.5 Å². The fraction of sp³-hybridized carbons (Fsp3) is 0.364. The van der Waals surface area contributed by atoms with E-state index in [0.29, 0.717) is 16.9 Å². The molecule has 2 rings (SSSR count). The van der Waals surface area contributed by atoms with Crippen LogP contribution in [0, 0.1) is 10.4 Å². The molecule has 0 bridgehead atoms. The summed E-state index contributed by atoms with van der Waals surface area (Å²) < 4.78 is 31.0. The zero-order valence-corrected chi connectivity index (χ0v) is 10.7. The predicted octanol–water partition coefficient (Wildman–Crippen LogP) is 1.31. The Balaban J connectivity index is 2.84. The second kappa shape index (κ2) is 4.12. The van der Waals surface area contributed by atoms with Crippen LogP contribution in [0.1, 0.15) is 13.8 Å². The number of rotatable bonds is 2. The molecule has 0 saturated carbocycles. The predicted molar refractivity (Wildman–Crippen MR) is 66.0 cm³/mol. The number of hydrogen-bond acceptors (Lipinski definition) is 3. The fourth-order valence-electron chi connectivity index (χ4n) is 1.49. The van der Waals surface area contributed by atoms with Crippen LogP contribution in [0.15, 0.2) is 27.6 Å². The fourth-order valence-corrected chi connectivity index (χ4v) is 2.72. The Bertz CT molecular complexity index is 685. The van der Waals surface area contributed by atoms with Gasteiger partial charge in [0.2, 0.25) is 0 Å². The number of benzene rings is 1. The molecule has 0 radical (unpaired) electrons. The lowest BCUT2D eigenvalue weighted by molar-refractivity contribution is 0.414. The summed E-state index contributed by atoms with van der Waals surface area (Å²) in [5.74, 6) is 0.994. The summed E-state index contributed by atoms with van der Waals surface area (Å²) in [7, 11) is -1.83. The molecule has 92 valence electrons. The molecule has 1 aliphatic heterocycles. The molecule has 5 nitrogen and oxygen atoms in total. The molecule has 0 aromatic heterocycles. The van der Waals surface area contributed by atoms with Crippen molar-refractivity contribution in [1.29, 1.82) is 0 Å². The molecule has 1 heterocycles. The van der Waals surface area contributed by atoms with E-state index in [0.717, 1.165) is 0 Å². The lowest BCUT2D eigenvalue weighted by Gasteiger charge is -2.10. The van der Waals surface area contributed by atoms with Crippen LogP contribution >= 0.6 is 0 Å². The van der Waals surface area contributed by atoms with Crippen molar-refractivity contribution < 1.29 is 13.5 Å². The summed E-state index contributed by atoms with van der Waals surface area (Å²) in [6, 6.07) is 4.79. The van der Waals surface area contributed by atoms with Gasteiger partial charge in [-0.2, -0.15) is 4.40 Å². The normalized spacial score (nSPS) is 22.8. The van der Waals surface area contributed by atoms with Crippen LogP contribution in [0.25, 0.3) is 0 Å². The summed E-state index contributed by atoms with van der Waals surface area (Å²) in [5, 5.41) is 0.454. The number of nitrogens with zero attached hydrogens (tertiary/aromatic N) is 2. The number of methoxy groups -OCH3 is 1. The van der Waals surface area contributed by atoms with E-state index in [1.54, 1.807) is 12.1 Å². The van der Waals surface area contributed by atoms with Crippen molar-refractivity contribution in [3.8, 4) is 5.75 Å². The Morgan fingerprint density at radius 2 is 2.12 bits per heavy atom. The maximum atomic E-state index is 12.0. The first-order valence-corrected chi connectivity index (χ1v) is 6.67. The minimum Gasteiger partial charge on any atom is -0.497 e. The van der Waals surface area contributed by atoms with Gasteiger partial charge in [-0.3, -0.25) is 4.55 Å². The van der Waals surface area contributed by atoms with Gasteiger partial charge in [0.25, 0.3) is 0 Å². The summed E-state index contributed by atoms with van der Waals surface area (Å²) in [4.78, 5) is 4.28. The average Bonchev–Trinajstić information content (AvgIpc) is 2.27. The molecule has 1 aliphatic rings. The van der Waals surface area contributed by atoms with Gasteiger partial charge >= 0.3 is 0 Å². The van der Waals surface area contributed by atoms with Crippen molar-refractivity contribution in [2.75, 3.05) is 7.11 Å². The van der Waals surface area contributed by atoms with Crippen molar-refractivity contribution >= 4 is 15.8 Å². The number of hydrogen-bond donors (Lipinski definition) is 1. The van der Waals surface area contributed by atoms with E-state index in [1.165, 1.54) is 13.2 Å². The summed E-state index contributed by atoms with van der Waals surface area (Å²) in [5.41, 5.74) is 0. The highest BCUT2D eigenvalue weighted by Crippen LogP contribution is 2.11. The molecular formula is C11H14N2O3S. The van der Waals surface area contributed by atoms with Gasteiger partial charge in [0.1, 0.15) is 16.1 Å². The van der Waals surface area contributed by atoms with Crippen molar-refractivity contribution in [2.24, 2.45) is 15.3 Å². The largest absolute Gasteiger partial charge is 0.497 e. The molecule has 6 heteroatoms. The van der Waals surface area contributed by atoms with Crippen molar-refractivity contribution in [2.45, 2.75) is 13.8 Å². The van der Waals surface area contributed by atoms with Gasteiger partial charge in [0.15, 0.2) is 9.99 Å². The Labute approximate surface area is 99.8 Å². The number of amidine groups is 1.